The molecule has 0 saturated heterocycles. The molecule has 1 aliphatic carbocycles. The van der Waals surface area contributed by atoms with Gasteiger partial charge in [-0.1, -0.05) is 295 Å². The number of benzene rings is 20. The molecular weight excluding hydrogens is 1540 g/mol. The average Bonchev–Trinajstić information content (AvgIpc) is 1.63. The molecule has 0 fully saturated rings. The molecule has 24 rings (SSSR count). The highest BCUT2D eigenvalue weighted by Gasteiger charge is 2.28. The van der Waals surface area contributed by atoms with E-state index in [2.05, 4.69) is 467 Å². The number of fused-ring (bicyclic) bond motifs is 12. The zero-order chi connectivity index (χ0) is 78.9. The molecule has 2 aliphatic rings. The summed E-state index contributed by atoms with van der Waals surface area (Å²) >= 11 is 7.25. The molecular formula is C113H74BrN3S2. The Balaban J connectivity index is 0.000000121. The number of hydrogen-bond donors (Lipinski definition) is 0. The summed E-state index contributed by atoms with van der Waals surface area (Å²) in [6.07, 6.45) is 1.04. The van der Waals surface area contributed by atoms with Gasteiger partial charge in [0.15, 0.2) is 0 Å². The molecule has 0 unspecified atom stereocenters. The van der Waals surface area contributed by atoms with Gasteiger partial charge in [0.1, 0.15) is 0 Å². The van der Waals surface area contributed by atoms with Crippen LogP contribution in [-0.2, 0) is 6.42 Å². The van der Waals surface area contributed by atoms with Gasteiger partial charge in [-0.25, -0.2) is 0 Å². The highest BCUT2D eigenvalue weighted by molar-refractivity contribution is 9.10. The van der Waals surface area contributed by atoms with Crippen LogP contribution in [0.15, 0.2) is 441 Å². The summed E-state index contributed by atoms with van der Waals surface area (Å²) in [5, 5.41) is 15.8. The Bertz CT molecular complexity index is 7600. The van der Waals surface area contributed by atoms with E-state index in [-0.39, 0.29) is 0 Å². The van der Waals surface area contributed by atoms with Crippen LogP contribution in [-0.4, -0.2) is 0 Å². The minimum Gasteiger partial charge on any atom is -0.311 e. The van der Waals surface area contributed by atoms with E-state index in [1.165, 1.54) is 173 Å². The molecule has 0 radical (unpaired) electrons. The number of halogens is 1. The second-order valence-corrected chi connectivity index (χ2v) is 33.9. The first-order chi connectivity index (χ1) is 58.9. The third kappa shape index (κ3) is 13.3. The zero-order valence-electron chi connectivity index (χ0n) is 64.8. The van der Waals surface area contributed by atoms with Gasteiger partial charge in [-0.3, -0.25) is 0 Å². The van der Waals surface area contributed by atoms with E-state index < -0.39 is 0 Å². The monoisotopic (exact) mass is 1620 g/mol. The van der Waals surface area contributed by atoms with E-state index in [1.807, 2.05) is 22.7 Å². The predicted molar refractivity (Wildman–Crippen MR) is 516 cm³/mol. The minimum atomic E-state index is 1.04. The van der Waals surface area contributed by atoms with Crippen molar-refractivity contribution in [3.8, 4) is 66.8 Å². The SMILES string of the molecule is Brc1ccc(-c2ccc(N(c3ccccc3)c3ccc(-c4ccc5sc6ccccc6c5c4)cc3)cc2)cc1.c1ccc(N(c2ccc(-c3ccc(N4c5cc6ccccc6cc5-c5cccc6cccc4c56)cc3)cc2)c2ccc(-c3ccc4sc5ccccc5c4c3)cc2)cc1.c1ccc2cc3c(cc2c1)Cc1cccc2cccc-3c12. The number of thiophene rings is 2. The summed E-state index contributed by atoms with van der Waals surface area (Å²) in [6, 6.07) is 159. The van der Waals surface area contributed by atoms with Gasteiger partial charge in [0, 0.05) is 95.6 Å². The lowest BCUT2D eigenvalue weighted by molar-refractivity contribution is 1.21. The molecule has 6 heteroatoms. The van der Waals surface area contributed by atoms with Gasteiger partial charge in [-0.15, -0.1) is 22.7 Å². The lowest BCUT2D eigenvalue weighted by atomic mass is 9.82. The van der Waals surface area contributed by atoms with Gasteiger partial charge >= 0.3 is 0 Å². The first-order valence-corrected chi connectivity index (χ1v) is 43.0. The van der Waals surface area contributed by atoms with Crippen LogP contribution in [0.3, 0.4) is 0 Å². The summed E-state index contributed by atoms with van der Waals surface area (Å²) in [5.74, 6) is 0. The van der Waals surface area contributed by atoms with Gasteiger partial charge in [0.2, 0.25) is 0 Å². The van der Waals surface area contributed by atoms with Crippen molar-refractivity contribution in [2.24, 2.45) is 0 Å². The van der Waals surface area contributed by atoms with Crippen molar-refractivity contribution in [1.29, 1.82) is 0 Å². The predicted octanol–water partition coefficient (Wildman–Crippen LogP) is 33.8. The molecule has 0 saturated carbocycles. The maximum absolute atomic E-state index is 3.53. The molecule has 560 valence electrons. The Hall–Kier alpha value is -14.2. The third-order valence-corrected chi connectivity index (χ3v) is 26.6. The van der Waals surface area contributed by atoms with Crippen LogP contribution in [0.25, 0.3) is 150 Å². The van der Waals surface area contributed by atoms with Crippen molar-refractivity contribution in [2.75, 3.05) is 14.7 Å². The smallest absolute Gasteiger partial charge is 0.0546 e. The second kappa shape index (κ2) is 30.4. The second-order valence-electron chi connectivity index (χ2n) is 30.8. The normalized spacial score (nSPS) is 11.9. The van der Waals surface area contributed by atoms with Crippen LogP contribution in [0.5, 0.6) is 0 Å². The third-order valence-electron chi connectivity index (χ3n) is 23.7. The van der Waals surface area contributed by atoms with Gasteiger partial charge < -0.3 is 14.7 Å². The quantitative estimate of drug-likeness (QED) is 0.128. The number of nitrogens with zero attached hydrogens (tertiary/aromatic N) is 3. The van der Waals surface area contributed by atoms with Crippen molar-refractivity contribution in [1.82, 2.24) is 0 Å². The zero-order valence-corrected chi connectivity index (χ0v) is 68.0. The van der Waals surface area contributed by atoms with Crippen molar-refractivity contribution in [3.63, 3.8) is 0 Å². The first kappa shape index (κ1) is 71.3. The molecule has 0 N–H and O–H groups in total. The fraction of sp³-hybridized carbons (Fsp3) is 0.00885. The van der Waals surface area contributed by atoms with Crippen LogP contribution in [0.4, 0.5) is 51.2 Å². The molecule has 2 aromatic heterocycles. The number of anilines is 9. The Kier molecular flexibility index (Phi) is 18.2. The van der Waals surface area contributed by atoms with Crippen LogP contribution in [0, 0.1) is 0 Å². The molecule has 3 heterocycles. The highest BCUT2D eigenvalue weighted by Crippen LogP contribution is 2.53. The maximum Gasteiger partial charge on any atom is 0.0546 e. The fourth-order valence-corrected chi connectivity index (χ4v) is 20.4. The van der Waals surface area contributed by atoms with E-state index in [0.717, 1.165) is 50.7 Å². The van der Waals surface area contributed by atoms with Crippen LogP contribution in [0.1, 0.15) is 11.1 Å². The van der Waals surface area contributed by atoms with E-state index in [9.17, 15) is 0 Å². The topological polar surface area (TPSA) is 9.72 Å². The standard InChI is InChI=1S/C56H36N2S.C36H24BrNS.C21H14/c1-2-14-44(15-3-1)57(46-29-24-39(25-30-46)43-26-33-55-51(35-43)48-16-6-7-19-54(48)59-55)45-27-20-37(21-28-45)38-22-31-47(32-23-38)58-52-18-9-13-40-12-8-17-49(56(40)52)50-34-41-10-4-5-11-42(41)36-53(50)58;37-29-17-10-25(11-18-29)26-12-19-31(20-13-26)38(30-6-2-1-3-7-30)32-21-14-27(15-22-32)28-16-23-36-34(24-28)33-8-4-5-9-35(33)39-36;1-2-6-16-13-20-18(11-15(16)5-1)12-17-9-3-7-14-8-4-10-19(20)21(14)17/h1-36H;1-24H;1-11,13H,12H2. The Morgan fingerprint density at radius 3 is 1.07 bits per heavy atom. The number of rotatable bonds is 11. The largest absolute Gasteiger partial charge is 0.311 e. The highest BCUT2D eigenvalue weighted by atomic mass is 79.9. The molecule has 3 nitrogen and oxygen atoms in total. The van der Waals surface area contributed by atoms with Crippen LogP contribution in [0.2, 0.25) is 0 Å². The van der Waals surface area contributed by atoms with Crippen molar-refractivity contribution in [2.45, 2.75) is 6.42 Å². The Morgan fingerprint density at radius 2 is 0.571 bits per heavy atom. The van der Waals surface area contributed by atoms with Crippen LogP contribution < -0.4 is 14.7 Å². The van der Waals surface area contributed by atoms with Crippen molar-refractivity contribution < 1.29 is 0 Å². The summed E-state index contributed by atoms with van der Waals surface area (Å²) in [4.78, 5) is 7.09. The van der Waals surface area contributed by atoms with Crippen LogP contribution >= 0.6 is 38.6 Å². The molecule has 20 aromatic carbocycles. The molecule has 1 aliphatic heterocycles. The van der Waals surface area contributed by atoms with Gasteiger partial charge in [-0.05, 0) is 274 Å². The number of hydrogen-bond acceptors (Lipinski definition) is 5. The van der Waals surface area contributed by atoms with E-state index in [0.29, 0.717) is 0 Å². The maximum atomic E-state index is 3.53. The molecule has 22 aromatic rings. The van der Waals surface area contributed by atoms with Gasteiger partial charge in [0.05, 0.1) is 11.4 Å². The van der Waals surface area contributed by atoms with Crippen molar-refractivity contribution >= 4 is 173 Å². The number of para-hydroxylation sites is 2. The van der Waals surface area contributed by atoms with Gasteiger partial charge in [0.25, 0.3) is 0 Å². The lowest BCUT2D eigenvalue weighted by Gasteiger charge is -2.34. The van der Waals surface area contributed by atoms with E-state index in [1.54, 1.807) is 0 Å². The molecule has 0 atom stereocenters. The Morgan fingerprint density at radius 1 is 0.218 bits per heavy atom. The first-order valence-electron chi connectivity index (χ1n) is 40.5. The molecule has 0 bridgehead atoms. The van der Waals surface area contributed by atoms with E-state index in [4.69, 9.17) is 0 Å². The molecule has 0 amide bonds. The van der Waals surface area contributed by atoms with Crippen molar-refractivity contribution in [3.05, 3.63) is 452 Å². The fourth-order valence-electron chi connectivity index (χ4n) is 18.0. The van der Waals surface area contributed by atoms with E-state index >= 15 is 0 Å². The summed E-state index contributed by atoms with van der Waals surface area (Å²) in [7, 11) is 0. The molecule has 0 spiro atoms. The summed E-state index contributed by atoms with van der Waals surface area (Å²) in [5.41, 5.74) is 28.2. The summed E-state index contributed by atoms with van der Waals surface area (Å²) < 4.78 is 6.42. The minimum absolute atomic E-state index is 1.04. The van der Waals surface area contributed by atoms with Gasteiger partial charge in [-0.2, -0.15) is 0 Å². The lowest BCUT2D eigenvalue weighted by Crippen LogP contribution is -2.15. The Labute approximate surface area is 707 Å². The average molecular weight is 1620 g/mol. The summed E-state index contributed by atoms with van der Waals surface area (Å²) in [6.45, 7) is 0. The molecule has 119 heavy (non-hydrogen) atoms.